The number of hydrogen-bond donors (Lipinski definition) is 0. The number of halogens is 4. The summed E-state index contributed by atoms with van der Waals surface area (Å²) in [6, 6.07) is 11.1. The van der Waals surface area contributed by atoms with Gasteiger partial charge in [0.05, 0.1) is 54.2 Å². The van der Waals surface area contributed by atoms with Gasteiger partial charge in [0.15, 0.2) is 46.3 Å². The van der Waals surface area contributed by atoms with E-state index in [9.17, 15) is 37.7 Å². The van der Waals surface area contributed by atoms with Gasteiger partial charge in [-0.15, -0.1) is 45.3 Å². The van der Waals surface area contributed by atoms with E-state index in [1.54, 1.807) is 34.8 Å². The maximum absolute atomic E-state index is 14.6. The molecule has 2 aliphatic heterocycles. The Hall–Kier alpha value is -6.92. The molecule has 2 saturated carbocycles. The molecule has 0 N–H and O–H groups in total. The summed E-state index contributed by atoms with van der Waals surface area (Å²) < 4.78 is 74.6. The van der Waals surface area contributed by atoms with Gasteiger partial charge in [-0.2, -0.15) is 0 Å². The Kier molecular flexibility index (Phi) is 9.55. The monoisotopic (exact) mass is 976 g/mol. The van der Waals surface area contributed by atoms with Crippen LogP contribution in [0.4, 0.5) is 17.6 Å². The number of carbonyl (C=O) groups excluding carboxylic acids is 2. The Balaban J connectivity index is 1.01. The van der Waals surface area contributed by atoms with E-state index < -0.39 is 57.4 Å². The zero-order valence-corrected chi connectivity index (χ0v) is 38.5. The first-order valence-electron chi connectivity index (χ1n) is 21.7. The highest BCUT2D eigenvalue weighted by atomic mass is 32.1. The van der Waals surface area contributed by atoms with Crippen molar-refractivity contribution in [1.29, 1.82) is 10.5 Å². The van der Waals surface area contributed by atoms with Crippen LogP contribution in [0.15, 0.2) is 58.9 Å². The van der Waals surface area contributed by atoms with Gasteiger partial charge in [-0.25, -0.2) is 37.8 Å². The minimum Gasteiger partial charge on any atom is -0.479 e. The second-order valence-corrected chi connectivity index (χ2v) is 21.8. The summed E-state index contributed by atoms with van der Waals surface area (Å²) in [4.78, 5) is 39.6. The number of ketones is 2. The van der Waals surface area contributed by atoms with Gasteiger partial charge in [0, 0.05) is 54.3 Å². The smallest absolute Gasteiger partial charge is 0.270 e. The molecule has 332 valence electrons. The maximum atomic E-state index is 14.6. The second kappa shape index (κ2) is 15.3. The predicted octanol–water partition coefficient (Wildman–Crippen LogP) is 14.9. The average Bonchev–Trinajstić information content (AvgIpc) is 4.19. The van der Waals surface area contributed by atoms with Crippen molar-refractivity contribution in [1.82, 2.24) is 0 Å². The summed E-state index contributed by atoms with van der Waals surface area (Å²) in [6.07, 6.45) is 12.0. The lowest BCUT2D eigenvalue weighted by Crippen LogP contribution is -2.37. The predicted molar refractivity (Wildman–Crippen MR) is 253 cm³/mol. The number of allylic oxidation sites excluding steroid dienone is 6. The Labute approximate surface area is 401 Å². The molecule has 0 radical (unpaired) electrons. The third kappa shape index (κ3) is 5.95. The van der Waals surface area contributed by atoms with Crippen LogP contribution in [0.5, 0.6) is 11.5 Å². The van der Waals surface area contributed by atoms with Gasteiger partial charge < -0.3 is 9.47 Å². The number of fused-ring (bicyclic) bond motifs is 13. The number of ether oxygens (including phenoxy) is 2. The highest BCUT2D eigenvalue weighted by Gasteiger charge is 2.49. The zero-order valence-electron chi connectivity index (χ0n) is 35.3. The summed E-state index contributed by atoms with van der Waals surface area (Å²) >= 11 is 6.03. The Morgan fingerprint density at radius 1 is 0.559 bits per heavy atom. The number of nitriles is 2. The molecule has 0 saturated heterocycles. The lowest BCUT2D eigenvalue weighted by molar-refractivity contribution is 0.0258. The van der Waals surface area contributed by atoms with Crippen molar-refractivity contribution in [3.8, 4) is 43.1 Å². The summed E-state index contributed by atoms with van der Waals surface area (Å²) in [6.45, 7) is 15.4. The van der Waals surface area contributed by atoms with Gasteiger partial charge in [-0.1, -0.05) is 12.8 Å². The number of hydrogen-bond acceptors (Lipinski definition) is 10. The first-order valence-corrected chi connectivity index (χ1v) is 25.0. The Bertz CT molecular complexity index is 3420. The second-order valence-electron chi connectivity index (χ2n) is 17.6. The summed E-state index contributed by atoms with van der Waals surface area (Å²) in [7, 11) is 0. The quantitative estimate of drug-likeness (QED) is 0.0740. The van der Waals surface area contributed by atoms with E-state index in [1.807, 2.05) is 24.3 Å². The van der Waals surface area contributed by atoms with Gasteiger partial charge in [0.2, 0.25) is 0 Å². The van der Waals surface area contributed by atoms with Crippen molar-refractivity contribution < 1.29 is 36.6 Å². The fourth-order valence-corrected chi connectivity index (χ4v) is 16.1. The fourth-order valence-electron chi connectivity index (χ4n) is 10.9. The number of thiophene rings is 4. The number of nitrogens with zero attached hydrogens (tertiary/aromatic N) is 4. The van der Waals surface area contributed by atoms with Crippen LogP contribution >= 0.6 is 45.3 Å². The molecule has 6 aromatic rings. The van der Waals surface area contributed by atoms with Gasteiger partial charge >= 0.3 is 0 Å². The van der Waals surface area contributed by atoms with E-state index in [0.717, 1.165) is 140 Å². The van der Waals surface area contributed by atoms with Crippen molar-refractivity contribution in [3.63, 3.8) is 0 Å². The van der Waals surface area contributed by atoms with Gasteiger partial charge in [0.25, 0.3) is 11.4 Å². The van der Waals surface area contributed by atoms with Crippen molar-refractivity contribution >= 4 is 89.6 Å². The first-order chi connectivity index (χ1) is 32.9. The molecule has 6 aliphatic rings. The lowest BCUT2D eigenvalue weighted by atomic mass is 9.78. The number of Topliss-reactive ketones (excluding diaryl/α,β-unsaturated/α-hetero) is 2. The molecule has 4 aliphatic carbocycles. The zero-order chi connectivity index (χ0) is 47.0. The molecule has 2 aromatic carbocycles. The topological polar surface area (TPSA) is 109 Å². The molecule has 2 fully saturated rings. The summed E-state index contributed by atoms with van der Waals surface area (Å²) in [5.41, 5.74) is -0.495. The molecule has 4 aromatic heterocycles. The molecular weight excluding hydrogens is 949 g/mol. The van der Waals surface area contributed by atoms with Crippen LogP contribution < -0.4 is 9.47 Å². The molecule has 0 atom stereocenters. The molecule has 8 nitrogen and oxygen atoms in total. The molecule has 12 rings (SSSR count). The highest BCUT2D eigenvalue weighted by Crippen LogP contribution is 2.66. The van der Waals surface area contributed by atoms with E-state index >= 15 is 0 Å². The Morgan fingerprint density at radius 3 is 1.28 bits per heavy atom. The summed E-state index contributed by atoms with van der Waals surface area (Å²) in [5.74, 6) is -4.53. The van der Waals surface area contributed by atoms with Gasteiger partial charge in [0.1, 0.15) is 11.2 Å². The number of benzene rings is 2. The molecular formula is C52H28F4N4O4S4. The SMILES string of the molecule is [C-]#[N+]/C(C#N)=C1\C(=C\c2cc3c(s2)-c2sc4c5c(sc4c2OC32CCCCC2)-c2sc(/C=C3\C(=O)c4cc(F)c(F)cc4\C3=C(\C#N)[N+]#[C-])cc2C2(CCCCC2)O5)C(=O)c2cc(F)c(F)cc21. The van der Waals surface area contributed by atoms with E-state index in [-0.39, 0.29) is 44.5 Å². The average molecular weight is 977 g/mol. The van der Waals surface area contributed by atoms with E-state index in [1.165, 1.54) is 22.7 Å². The van der Waals surface area contributed by atoms with Crippen LogP contribution in [0.3, 0.4) is 0 Å². The van der Waals surface area contributed by atoms with Gasteiger partial charge in [-0.3, -0.25) is 9.59 Å². The van der Waals surface area contributed by atoms with Crippen LogP contribution in [0, 0.1) is 59.1 Å². The third-order valence-corrected chi connectivity index (χ3v) is 18.9. The van der Waals surface area contributed by atoms with Crippen LogP contribution in [-0.2, 0) is 11.2 Å². The van der Waals surface area contributed by atoms with E-state index in [2.05, 4.69) is 9.69 Å². The van der Waals surface area contributed by atoms with Crippen LogP contribution in [-0.4, -0.2) is 11.6 Å². The minimum absolute atomic E-state index is 0.000779. The standard InChI is InChI=1S/C52H28F4N4O4S4/c1-59-37(21-57)39-25-17-33(53)35(55)19-27(25)41(61)29(39)13-23-15-31-45(65-23)47-43(63-51(31)9-5-3-6-10-51)49-50(67-47)44-48(68-49)46-32(52(64-44)11-7-4-8-12-52)16-24(66-46)14-30-40(38(22-58)60-2)26-18-34(54)36(56)20-28(26)42(30)62/h13-20H,3-12H2/b29-13-,30-14-,39-37-,40-38+. The molecule has 0 bridgehead atoms. The van der Waals surface area contributed by atoms with Crippen LogP contribution in [0.25, 0.3) is 61.9 Å². The van der Waals surface area contributed by atoms with Crippen molar-refractivity contribution in [2.24, 2.45) is 0 Å². The maximum Gasteiger partial charge on any atom is 0.270 e. The van der Waals surface area contributed by atoms with Gasteiger partial charge in [-0.05, 0) is 111 Å². The number of carbonyl (C=O) groups is 2. The largest absolute Gasteiger partial charge is 0.479 e. The summed E-state index contributed by atoms with van der Waals surface area (Å²) in [5, 5.41) is 19.9. The molecule has 0 unspecified atom stereocenters. The fraction of sp³-hybridized carbons (Fsp3) is 0.231. The molecule has 2 spiro atoms. The Morgan fingerprint density at radius 2 is 0.926 bits per heavy atom. The molecule has 0 amide bonds. The molecule has 68 heavy (non-hydrogen) atoms. The minimum atomic E-state index is -1.20. The van der Waals surface area contributed by atoms with Crippen LogP contribution in [0.1, 0.15) is 117 Å². The lowest BCUT2D eigenvalue weighted by Gasteiger charge is -2.41. The molecule has 6 heterocycles. The normalized spacial score (nSPS) is 20.6. The molecule has 16 heteroatoms. The van der Waals surface area contributed by atoms with E-state index in [4.69, 9.17) is 22.6 Å². The third-order valence-electron chi connectivity index (χ3n) is 13.9. The highest BCUT2D eigenvalue weighted by molar-refractivity contribution is 7.35. The number of rotatable bonds is 2. The van der Waals surface area contributed by atoms with E-state index in [0.29, 0.717) is 9.75 Å². The first kappa shape index (κ1) is 42.4. The van der Waals surface area contributed by atoms with Crippen molar-refractivity contribution in [2.75, 3.05) is 0 Å². The van der Waals surface area contributed by atoms with Crippen molar-refractivity contribution in [3.05, 3.63) is 148 Å². The van der Waals surface area contributed by atoms with Crippen LogP contribution in [0.2, 0.25) is 0 Å². The van der Waals surface area contributed by atoms with Crippen molar-refractivity contribution in [2.45, 2.75) is 75.4 Å².